The molecule has 8 nitrogen and oxygen atoms in total. The number of thiophene rings is 1. The summed E-state index contributed by atoms with van der Waals surface area (Å²) in [5.41, 5.74) is 6.08. The number of primary amides is 1. The van der Waals surface area contributed by atoms with Crippen LogP contribution in [0.2, 0.25) is 0 Å². The molecule has 10 heteroatoms. The molecule has 1 aliphatic carbocycles. The van der Waals surface area contributed by atoms with E-state index in [1.165, 1.54) is 11.4 Å². The Balaban J connectivity index is 1.86. The first kappa shape index (κ1) is 17.1. The van der Waals surface area contributed by atoms with Crippen molar-refractivity contribution in [3.8, 4) is 0 Å². The number of carbonyl (C=O) groups is 1. The van der Waals surface area contributed by atoms with Gasteiger partial charge < -0.3 is 10.8 Å². The van der Waals surface area contributed by atoms with Gasteiger partial charge in [-0.15, -0.1) is 11.3 Å². The van der Waals surface area contributed by atoms with Crippen molar-refractivity contribution in [3.05, 3.63) is 35.0 Å². The molecule has 0 aromatic carbocycles. The quantitative estimate of drug-likeness (QED) is 0.677. The third-order valence-electron chi connectivity index (χ3n) is 4.11. The van der Waals surface area contributed by atoms with Crippen molar-refractivity contribution in [2.75, 3.05) is 0 Å². The summed E-state index contributed by atoms with van der Waals surface area (Å²) in [4.78, 5) is 11.2. The van der Waals surface area contributed by atoms with Gasteiger partial charge in [0, 0.05) is 24.2 Å². The highest BCUT2D eigenvalue weighted by molar-refractivity contribution is 7.91. The van der Waals surface area contributed by atoms with Gasteiger partial charge in [0.2, 0.25) is 5.91 Å². The molecule has 2 aromatic rings. The zero-order chi connectivity index (χ0) is 17.5. The lowest BCUT2D eigenvalue weighted by atomic mass is 9.76. The Labute approximate surface area is 143 Å². The first-order chi connectivity index (χ1) is 11.3. The van der Waals surface area contributed by atoms with Crippen LogP contribution in [0.15, 0.2) is 28.0 Å². The third kappa shape index (κ3) is 3.36. The predicted octanol–water partition coefficient (Wildman–Crippen LogP) is 0.371. The maximum Gasteiger partial charge on any atom is 0.250 e. The summed E-state index contributed by atoms with van der Waals surface area (Å²) in [6.07, 6.45) is 4.02. The first-order valence-electron chi connectivity index (χ1n) is 7.33. The molecule has 0 unspecified atom stereocenters. The van der Waals surface area contributed by atoms with E-state index in [0.29, 0.717) is 12.8 Å². The number of aromatic nitrogens is 2. The van der Waals surface area contributed by atoms with Gasteiger partial charge in [-0.3, -0.25) is 9.48 Å². The summed E-state index contributed by atoms with van der Waals surface area (Å²) in [5.74, 6) is -0.673. The molecule has 0 radical (unpaired) electrons. The van der Waals surface area contributed by atoms with Crippen LogP contribution in [0.5, 0.6) is 0 Å². The molecule has 4 N–H and O–H groups in total. The standard InChI is InChI=1S/C14H18N4O4S2/c1-18-6-10(5-16-18)13(8-2-11(19)3-8)17-24(21,22)12-4-9(7-23-12)14(15)20/h4-8,11,13,17,19H,2-3H2,1H3,(H2,15,20)/t8?,11?,13-/m0/s1. The van der Waals surface area contributed by atoms with Gasteiger partial charge in [0.25, 0.3) is 10.0 Å². The molecule has 1 amide bonds. The normalized spacial score (nSPS) is 22.1. The summed E-state index contributed by atoms with van der Waals surface area (Å²) in [6, 6.07) is 0.789. The Bertz CT molecular complexity index is 852. The van der Waals surface area contributed by atoms with Crippen LogP contribution < -0.4 is 10.5 Å². The minimum absolute atomic E-state index is 0.00505. The van der Waals surface area contributed by atoms with Crippen molar-refractivity contribution in [1.82, 2.24) is 14.5 Å². The number of nitrogens with zero attached hydrogens (tertiary/aromatic N) is 2. The van der Waals surface area contributed by atoms with Gasteiger partial charge in [-0.1, -0.05) is 0 Å². The predicted molar refractivity (Wildman–Crippen MR) is 87.8 cm³/mol. The van der Waals surface area contributed by atoms with Gasteiger partial charge in [0.15, 0.2) is 0 Å². The highest BCUT2D eigenvalue weighted by Gasteiger charge is 2.38. The maximum absolute atomic E-state index is 12.6. The Morgan fingerprint density at radius 1 is 1.54 bits per heavy atom. The largest absolute Gasteiger partial charge is 0.393 e. The van der Waals surface area contributed by atoms with Gasteiger partial charge in [0.05, 0.1) is 23.9 Å². The molecule has 2 aromatic heterocycles. The van der Waals surface area contributed by atoms with Crippen LogP contribution in [0, 0.1) is 5.92 Å². The van der Waals surface area contributed by atoms with Crippen LogP contribution in [-0.4, -0.2) is 35.3 Å². The lowest BCUT2D eigenvalue weighted by Gasteiger charge is -2.37. The lowest BCUT2D eigenvalue weighted by Crippen LogP contribution is -2.41. The molecule has 2 heterocycles. The second-order valence-electron chi connectivity index (χ2n) is 5.95. The number of hydrogen-bond donors (Lipinski definition) is 3. The molecule has 1 aliphatic rings. The zero-order valence-electron chi connectivity index (χ0n) is 12.9. The molecule has 0 bridgehead atoms. The molecule has 0 saturated heterocycles. The monoisotopic (exact) mass is 370 g/mol. The average molecular weight is 370 g/mol. The van der Waals surface area contributed by atoms with E-state index in [2.05, 4.69) is 9.82 Å². The molecular weight excluding hydrogens is 352 g/mol. The Morgan fingerprint density at radius 3 is 2.75 bits per heavy atom. The number of nitrogens with two attached hydrogens (primary N) is 1. The molecule has 0 aliphatic heterocycles. The number of nitrogens with one attached hydrogen (secondary N) is 1. The number of aliphatic hydroxyl groups excluding tert-OH is 1. The number of sulfonamides is 1. The van der Waals surface area contributed by atoms with Gasteiger partial charge >= 0.3 is 0 Å². The summed E-state index contributed by atoms with van der Waals surface area (Å²) < 4.78 is 29.6. The van der Waals surface area contributed by atoms with E-state index in [-0.39, 0.29) is 15.7 Å². The van der Waals surface area contributed by atoms with Crippen LogP contribution in [-0.2, 0) is 17.1 Å². The number of aliphatic hydroxyl groups is 1. The number of aryl methyl sites for hydroxylation is 1. The SMILES string of the molecule is Cn1cc([C@@H](NS(=O)(=O)c2cc(C(N)=O)cs2)C2CC(O)C2)cn1. The van der Waals surface area contributed by atoms with Crippen LogP contribution in [0.25, 0.3) is 0 Å². The maximum atomic E-state index is 12.6. The van der Waals surface area contributed by atoms with E-state index in [0.717, 1.165) is 16.9 Å². The summed E-state index contributed by atoms with van der Waals surface area (Å²) in [7, 11) is -2.05. The number of rotatable bonds is 6. The fourth-order valence-electron chi connectivity index (χ4n) is 2.75. The fraction of sp³-hybridized carbons (Fsp3) is 0.429. The van der Waals surface area contributed by atoms with Crippen molar-refractivity contribution in [3.63, 3.8) is 0 Å². The van der Waals surface area contributed by atoms with Crippen molar-refractivity contribution < 1.29 is 18.3 Å². The van der Waals surface area contributed by atoms with Crippen molar-refractivity contribution in [1.29, 1.82) is 0 Å². The fourth-order valence-corrected chi connectivity index (χ4v) is 5.23. The molecule has 1 atom stereocenters. The minimum Gasteiger partial charge on any atom is -0.393 e. The highest BCUT2D eigenvalue weighted by atomic mass is 32.2. The topological polar surface area (TPSA) is 127 Å². The lowest BCUT2D eigenvalue weighted by molar-refractivity contribution is 0.0280. The van der Waals surface area contributed by atoms with Crippen molar-refractivity contribution in [2.24, 2.45) is 18.7 Å². The van der Waals surface area contributed by atoms with Crippen molar-refractivity contribution >= 4 is 27.3 Å². The highest BCUT2D eigenvalue weighted by Crippen LogP contribution is 2.39. The first-order valence-corrected chi connectivity index (χ1v) is 9.70. The second kappa shape index (κ2) is 6.28. The smallest absolute Gasteiger partial charge is 0.250 e. The van der Waals surface area contributed by atoms with Crippen LogP contribution in [0.3, 0.4) is 0 Å². The van der Waals surface area contributed by atoms with E-state index in [4.69, 9.17) is 5.73 Å². The molecule has 1 fully saturated rings. The van der Waals surface area contributed by atoms with Gasteiger partial charge in [-0.05, 0) is 24.8 Å². The second-order valence-corrected chi connectivity index (χ2v) is 8.80. The molecule has 24 heavy (non-hydrogen) atoms. The Hall–Kier alpha value is -1.75. The molecule has 130 valence electrons. The van der Waals surface area contributed by atoms with E-state index in [1.54, 1.807) is 24.1 Å². The van der Waals surface area contributed by atoms with Crippen LogP contribution in [0.1, 0.15) is 34.8 Å². The number of hydrogen-bond acceptors (Lipinski definition) is 6. The van der Waals surface area contributed by atoms with E-state index in [1.807, 2.05) is 0 Å². The minimum atomic E-state index is -3.81. The van der Waals surface area contributed by atoms with E-state index in [9.17, 15) is 18.3 Å². The van der Waals surface area contributed by atoms with Crippen LogP contribution in [0.4, 0.5) is 0 Å². The number of amides is 1. The van der Waals surface area contributed by atoms with Gasteiger partial charge in [-0.25, -0.2) is 13.1 Å². The molecule has 0 spiro atoms. The van der Waals surface area contributed by atoms with Crippen molar-refractivity contribution in [2.45, 2.75) is 29.2 Å². The van der Waals surface area contributed by atoms with E-state index >= 15 is 0 Å². The molecule has 3 rings (SSSR count). The van der Waals surface area contributed by atoms with Gasteiger partial charge in [-0.2, -0.15) is 5.10 Å². The van der Waals surface area contributed by atoms with E-state index < -0.39 is 28.1 Å². The summed E-state index contributed by atoms with van der Waals surface area (Å²) in [5, 5.41) is 15.1. The summed E-state index contributed by atoms with van der Waals surface area (Å²) >= 11 is 0.944. The van der Waals surface area contributed by atoms with Crippen LogP contribution >= 0.6 is 11.3 Å². The Kier molecular flexibility index (Phi) is 4.47. The van der Waals surface area contributed by atoms with Gasteiger partial charge in [0.1, 0.15) is 4.21 Å². The number of carbonyl (C=O) groups excluding carboxylic acids is 1. The average Bonchev–Trinajstić information content (AvgIpc) is 3.11. The summed E-state index contributed by atoms with van der Waals surface area (Å²) in [6.45, 7) is 0. The third-order valence-corrected chi connectivity index (χ3v) is 6.99. The zero-order valence-corrected chi connectivity index (χ0v) is 14.5. The Morgan fingerprint density at radius 2 is 2.25 bits per heavy atom. The molecular formula is C14H18N4O4S2. The molecule has 1 saturated carbocycles.